The minimum atomic E-state index is -1.77. The Morgan fingerprint density at radius 3 is 2.46 bits per heavy atom. The van der Waals surface area contributed by atoms with E-state index in [1.165, 1.54) is 18.2 Å². The third-order valence-electron chi connectivity index (χ3n) is 3.49. The van der Waals surface area contributed by atoms with Crippen LogP contribution >= 0.6 is 0 Å². The molecule has 1 aliphatic heterocycles. The van der Waals surface area contributed by atoms with Crippen LogP contribution in [0, 0.1) is 5.82 Å². The van der Waals surface area contributed by atoms with Crippen LogP contribution in [0.3, 0.4) is 0 Å². The maximum Gasteiger partial charge on any atom is 0.371 e. The summed E-state index contributed by atoms with van der Waals surface area (Å²) in [5.41, 5.74) is -0.0699. The molecule has 8 nitrogen and oxygen atoms in total. The van der Waals surface area contributed by atoms with Gasteiger partial charge in [-0.1, -0.05) is 18.2 Å². The first-order chi connectivity index (χ1) is 11.3. The number of benzene rings is 1. The molecule has 0 radical (unpaired) electrons. The molecule has 0 bridgehead atoms. The van der Waals surface area contributed by atoms with Crippen LogP contribution in [0.4, 0.5) is 4.39 Å². The van der Waals surface area contributed by atoms with Crippen molar-refractivity contribution >= 4 is 12.0 Å². The van der Waals surface area contributed by atoms with E-state index in [0.29, 0.717) is 0 Å². The molecule has 1 heterocycles. The Morgan fingerprint density at radius 1 is 1.21 bits per heavy atom. The number of aliphatic carboxylic acids is 1. The second kappa shape index (κ2) is 7.69. The van der Waals surface area contributed by atoms with Crippen molar-refractivity contribution in [3.8, 4) is 0 Å². The van der Waals surface area contributed by atoms with Gasteiger partial charge in [-0.2, -0.15) is 0 Å². The van der Waals surface area contributed by atoms with Gasteiger partial charge in [-0.25, -0.2) is 9.18 Å². The van der Waals surface area contributed by atoms with Crippen LogP contribution in [0.25, 0.3) is 6.08 Å². The van der Waals surface area contributed by atoms with Crippen LogP contribution in [0.15, 0.2) is 30.0 Å². The van der Waals surface area contributed by atoms with Crippen molar-refractivity contribution in [2.24, 2.45) is 0 Å². The third-order valence-corrected chi connectivity index (χ3v) is 3.49. The van der Waals surface area contributed by atoms with Crippen LogP contribution < -0.4 is 0 Å². The number of rotatable bonds is 5. The van der Waals surface area contributed by atoms with Crippen molar-refractivity contribution < 1.29 is 44.2 Å². The quantitative estimate of drug-likeness (QED) is 0.341. The van der Waals surface area contributed by atoms with Gasteiger partial charge in [-0.3, -0.25) is 0 Å². The number of hydrogen-bond donors (Lipinski definition) is 5. The van der Waals surface area contributed by atoms with Gasteiger partial charge in [-0.15, -0.1) is 0 Å². The van der Waals surface area contributed by atoms with Crippen molar-refractivity contribution in [3.05, 3.63) is 41.4 Å². The molecule has 0 unspecified atom stereocenters. The van der Waals surface area contributed by atoms with Crippen LogP contribution in [0.1, 0.15) is 5.56 Å². The number of ether oxygens (including phenoxy) is 2. The highest BCUT2D eigenvalue weighted by Crippen LogP contribution is 2.24. The second-order valence-electron chi connectivity index (χ2n) is 5.15. The number of halogens is 1. The molecule has 1 saturated heterocycles. The van der Waals surface area contributed by atoms with E-state index in [1.54, 1.807) is 0 Å². The lowest BCUT2D eigenvalue weighted by atomic mass is 9.99. The topological polar surface area (TPSA) is 137 Å². The summed E-state index contributed by atoms with van der Waals surface area (Å²) in [6.07, 6.45) is -7.13. The lowest BCUT2D eigenvalue weighted by Gasteiger charge is -2.39. The molecule has 0 aromatic heterocycles. The number of carboxylic acids is 1. The first kappa shape index (κ1) is 18.3. The molecule has 0 amide bonds. The Kier molecular flexibility index (Phi) is 5.86. The van der Waals surface area contributed by atoms with Gasteiger partial charge >= 0.3 is 5.97 Å². The molecule has 1 aromatic carbocycles. The van der Waals surface area contributed by atoms with Crippen LogP contribution in [0.5, 0.6) is 0 Å². The second-order valence-corrected chi connectivity index (χ2v) is 5.15. The summed E-state index contributed by atoms with van der Waals surface area (Å²) in [7, 11) is 0. The van der Waals surface area contributed by atoms with Gasteiger partial charge in [-0.05, 0) is 12.1 Å². The standard InChI is InChI=1S/C15H17FO8/c16-8-4-2-1-3-7(8)5-9(14(21)22)23-15-13(20)12(19)11(18)10(6-17)24-15/h1-5,10-13,15,17-20H,6H2,(H,21,22)/b9-5+/t10-,11+,12-,13+,15-/m0/s1. The number of carboxylic acid groups (broad SMARTS) is 1. The van der Waals surface area contributed by atoms with E-state index < -0.39 is 54.9 Å². The summed E-state index contributed by atoms with van der Waals surface area (Å²) in [4.78, 5) is 11.3. The first-order valence-electron chi connectivity index (χ1n) is 7.02. The Morgan fingerprint density at radius 2 is 1.88 bits per heavy atom. The number of carbonyl (C=O) groups is 1. The molecule has 0 saturated carbocycles. The molecule has 5 atom stereocenters. The molecule has 5 N–H and O–H groups in total. The van der Waals surface area contributed by atoms with Crippen molar-refractivity contribution in [2.75, 3.05) is 6.61 Å². The normalized spacial score (nSPS) is 30.9. The minimum absolute atomic E-state index is 0.0699. The molecule has 0 aliphatic carbocycles. The zero-order valence-corrected chi connectivity index (χ0v) is 12.3. The van der Waals surface area contributed by atoms with Gasteiger partial charge in [0.15, 0.2) is 0 Å². The predicted molar refractivity (Wildman–Crippen MR) is 76.9 cm³/mol. The maximum absolute atomic E-state index is 13.6. The monoisotopic (exact) mass is 344 g/mol. The Balaban J connectivity index is 2.24. The predicted octanol–water partition coefficient (Wildman–Crippen LogP) is -0.932. The highest BCUT2D eigenvalue weighted by Gasteiger charge is 2.45. The van der Waals surface area contributed by atoms with Gasteiger partial charge in [0.1, 0.15) is 30.2 Å². The summed E-state index contributed by atoms with van der Waals surface area (Å²) in [6, 6.07) is 5.35. The molecular formula is C15H17FO8. The minimum Gasteiger partial charge on any atom is -0.475 e. The van der Waals surface area contributed by atoms with E-state index in [0.717, 1.165) is 12.1 Å². The smallest absolute Gasteiger partial charge is 0.371 e. The van der Waals surface area contributed by atoms with Crippen molar-refractivity contribution in [2.45, 2.75) is 30.7 Å². The molecule has 9 heteroatoms. The molecule has 0 spiro atoms. The largest absolute Gasteiger partial charge is 0.475 e. The van der Waals surface area contributed by atoms with Crippen molar-refractivity contribution in [1.82, 2.24) is 0 Å². The fourth-order valence-electron chi connectivity index (χ4n) is 2.17. The molecule has 24 heavy (non-hydrogen) atoms. The number of aliphatic hydroxyl groups is 4. The highest BCUT2D eigenvalue weighted by molar-refractivity contribution is 5.89. The van der Waals surface area contributed by atoms with Gasteiger partial charge in [0.2, 0.25) is 12.0 Å². The molecule has 132 valence electrons. The van der Waals surface area contributed by atoms with E-state index in [-0.39, 0.29) is 5.56 Å². The highest BCUT2D eigenvalue weighted by atomic mass is 19.1. The molecular weight excluding hydrogens is 327 g/mol. The SMILES string of the molecule is O=C(O)/C(=C\c1ccccc1F)O[C@H]1O[C@@H](CO)[C@@H](O)[C@H](O)[C@H]1O. The Labute approximate surface area is 136 Å². The summed E-state index contributed by atoms with van der Waals surface area (Å²) in [5.74, 6) is -2.99. The van der Waals surface area contributed by atoms with E-state index in [2.05, 4.69) is 0 Å². The van der Waals surface area contributed by atoms with Crippen LogP contribution in [-0.2, 0) is 14.3 Å². The summed E-state index contributed by atoms with van der Waals surface area (Å²) in [6.45, 7) is -0.690. The third kappa shape index (κ3) is 3.89. The summed E-state index contributed by atoms with van der Waals surface area (Å²) in [5, 5.41) is 47.4. The number of hydrogen-bond acceptors (Lipinski definition) is 7. The molecule has 1 fully saturated rings. The van der Waals surface area contributed by atoms with E-state index in [4.69, 9.17) is 19.7 Å². The average molecular weight is 344 g/mol. The van der Waals surface area contributed by atoms with E-state index in [9.17, 15) is 24.5 Å². The lowest BCUT2D eigenvalue weighted by molar-refractivity contribution is -0.291. The van der Waals surface area contributed by atoms with Gasteiger partial charge in [0.05, 0.1) is 6.61 Å². The zero-order valence-electron chi connectivity index (χ0n) is 12.3. The molecule has 1 aromatic rings. The Hall–Kier alpha value is -2.04. The fourth-order valence-corrected chi connectivity index (χ4v) is 2.17. The summed E-state index contributed by atoms with van der Waals surface area (Å²) < 4.78 is 23.7. The van der Waals surface area contributed by atoms with Crippen molar-refractivity contribution in [1.29, 1.82) is 0 Å². The van der Waals surface area contributed by atoms with Crippen molar-refractivity contribution in [3.63, 3.8) is 0 Å². The van der Waals surface area contributed by atoms with Crippen LogP contribution in [0.2, 0.25) is 0 Å². The zero-order chi connectivity index (χ0) is 17.9. The maximum atomic E-state index is 13.6. The van der Waals surface area contributed by atoms with Gasteiger partial charge in [0.25, 0.3) is 0 Å². The average Bonchev–Trinajstić information content (AvgIpc) is 2.56. The fraction of sp³-hybridized carbons (Fsp3) is 0.400. The number of aliphatic hydroxyl groups excluding tert-OH is 4. The summed E-state index contributed by atoms with van der Waals surface area (Å²) >= 11 is 0. The lowest BCUT2D eigenvalue weighted by Crippen LogP contribution is -2.59. The van der Waals surface area contributed by atoms with Gasteiger partial charge in [0, 0.05) is 5.56 Å². The van der Waals surface area contributed by atoms with E-state index in [1.807, 2.05) is 0 Å². The Bertz CT molecular complexity index is 617. The molecule has 2 rings (SSSR count). The van der Waals surface area contributed by atoms with Crippen LogP contribution in [-0.4, -0.2) is 68.8 Å². The first-order valence-corrected chi connectivity index (χ1v) is 7.02. The molecule has 1 aliphatic rings. The van der Waals surface area contributed by atoms with Gasteiger partial charge < -0.3 is 35.0 Å². The van der Waals surface area contributed by atoms with E-state index >= 15 is 0 Å².